The Morgan fingerprint density at radius 3 is 2.46 bits per heavy atom. The van der Waals surface area contributed by atoms with E-state index in [1.807, 2.05) is 24.3 Å². The third-order valence-electron chi connectivity index (χ3n) is 4.03. The molecule has 2 N–H and O–H groups in total. The molecule has 0 aliphatic heterocycles. The third kappa shape index (κ3) is 4.21. The average Bonchev–Trinajstić information content (AvgIpc) is 3.22. The molecule has 9 nitrogen and oxygen atoms in total. The molecule has 1 amide bonds. The van der Waals surface area contributed by atoms with Crippen LogP contribution in [0.3, 0.4) is 0 Å². The van der Waals surface area contributed by atoms with Crippen LogP contribution in [0.25, 0.3) is 11.3 Å². The molecule has 0 spiro atoms. The van der Waals surface area contributed by atoms with Crippen LogP contribution in [0.2, 0.25) is 0 Å². The Morgan fingerprint density at radius 1 is 1.18 bits per heavy atom. The first-order valence-corrected chi connectivity index (χ1v) is 8.27. The molecule has 3 aromatic rings. The number of hydrogen-bond donors (Lipinski definition) is 2. The predicted molar refractivity (Wildman–Crippen MR) is 103 cm³/mol. The molecular formula is C19H17N5O4. The molecule has 0 unspecified atom stereocenters. The van der Waals surface area contributed by atoms with Crippen LogP contribution in [0.15, 0.2) is 59.7 Å². The SMILES string of the molecule is COc1ccc(-c2cc(C(=O)NN=C(C)c3ccc([N+](=O)[O-])cc3)[nH]n2)cc1. The molecule has 0 aliphatic rings. The number of aromatic nitrogens is 2. The minimum atomic E-state index is -0.476. The highest BCUT2D eigenvalue weighted by atomic mass is 16.6. The topological polar surface area (TPSA) is 123 Å². The van der Waals surface area contributed by atoms with Gasteiger partial charge in [0.1, 0.15) is 11.4 Å². The first-order valence-electron chi connectivity index (χ1n) is 8.27. The first-order chi connectivity index (χ1) is 13.5. The summed E-state index contributed by atoms with van der Waals surface area (Å²) in [6.07, 6.45) is 0. The van der Waals surface area contributed by atoms with E-state index in [1.54, 1.807) is 32.2 Å². The number of amides is 1. The molecule has 0 bridgehead atoms. The Labute approximate surface area is 160 Å². The van der Waals surface area contributed by atoms with Crippen molar-refractivity contribution in [3.63, 3.8) is 0 Å². The van der Waals surface area contributed by atoms with Gasteiger partial charge in [-0.25, -0.2) is 5.43 Å². The molecule has 0 saturated carbocycles. The maximum absolute atomic E-state index is 12.3. The van der Waals surface area contributed by atoms with Gasteiger partial charge in [-0.3, -0.25) is 20.0 Å². The molecule has 1 aromatic heterocycles. The summed E-state index contributed by atoms with van der Waals surface area (Å²) in [7, 11) is 1.59. The van der Waals surface area contributed by atoms with Crippen molar-refractivity contribution in [2.75, 3.05) is 7.11 Å². The number of hydrogen-bond acceptors (Lipinski definition) is 6. The van der Waals surface area contributed by atoms with Gasteiger partial charge in [0.05, 0.1) is 23.4 Å². The Bertz CT molecular complexity index is 1020. The van der Waals surface area contributed by atoms with E-state index < -0.39 is 10.8 Å². The number of methoxy groups -OCH3 is 1. The molecule has 0 fully saturated rings. The van der Waals surface area contributed by atoms with Gasteiger partial charge in [-0.2, -0.15) is 10.2 Å². The number of hydrazone groups is 1. The lowest BCUT2D eigenvalue weighted by Gasteiger charge is -2.02. The average molecular weight is 379 g/mol. The Morgan fingerprint density at radius 2 is 1.86 bits per heavy atom. The number of nitro benzene ring substituents is 1. The van der Waals surface area contributed by atoms with E-state index in [9.17, 15) is 14.9 Å². The van der Waals surface area contributed by atoms with E-state index in [0.29, 0.717) is 17.0 Å². The van der Waals surface area contributed by atoms with Gasteiger partial charge < -0.3 is 4.74 Å². The number of nitro groups is 1. The fourth-order valence-electron chi connectivity index (χ4n) is 2.43. The van der Waals surface area contributed by atoms with Crippen molar-refractivity contribution in [3.8, 4) is 17.0 Å². The number of carbonyl (C=O) groups excluding carboxylic acids is 1. The number of carbonyl (C=O) groups is 1. The second-order valence-electron chi connectivity index (χ2n) is 5.84. The van der Waals surface area contributed by atoms with Gasteiger partial charge in [0, 0.05) is 17.7 Å². The summed E-state index contributed by atoms with van der Waals surface area (Å²) >= 11 is 0. The second kappa shape index (κ2) is 8.12. The zero-order valence-electron chi connectivity index (χ0n) is 15.2. The highest BCUT2D eigenvalue weighted by Gasteiger charge is 2.11. The normalized spacial score (nSPS) is 11.1. The lowest BCUT2D eigenvalue weighted by atomic mass is 10.1. The van der Waals surface area contributed by atoms with Crippen LogP contribution in [0.1, 0.15) is 23.0 Å². The maximum Gasteiger partial charge on any atom is 0.289 e. The zero-order chi connectivity index (χ0) is 20.1. The van der Waals surface area contributed by atoms with Gasteiger partial charge in [-0.1, -0.05) is 0 Å². The van der Waals surface area contributed by atoms with E-state index >= 15 is 0 Å². The van der Waals surface area contributed by atoms with E-state index in [-0.39, 0.29) is 11.4 Å². The molecule has 0 radical (unpaired) electrons. The zero-order valence-corrected chi connectivity index (χ0v) is 15.2. The van der Waals surface area contributed by atoms with Crippen molar-refractivity contribution in [2.24, 2.45) is 5.10 Å². The molecule has 2 aromatic carbocycles. The van der Waals surface area contributed by atoms with Gasteiger partial charge in [0.15, 0.2) is 0 Å². The largest absolute Gasteiger partial charge is 0.497 e. The summed E-state index contributed by atoms with van der Waals surface area (Å²) in [5, 5.41) is 21.5. The predicted octanol–water partition coefficient (Wildman–Crippen LogP) is 3.15. The molecule has 3 rings (SSSR count). The Hall–Kier alpha value is -4.01. The number of ether oxygens (including phenoxy) is 1. The van der Waals surface area contributed by atoms with Crippen molar-refractivity contribution in [2.45, 2.75) is 6.92 Å². The van der Waals surface area contributed by atoms with E-state index in [0.717, 1.165) is 11.3 Å². The third-order valence-corrected chi connectivity index (χ3v) is 4.03. The van der Waals surface area contributed by atoms with Gasteiger partial charge in [0.2, 0.25) is 0 Å². The minimum absolute atomic E-state index is 0.0101. The van der Waals surface area contributed by atoms with Crippen molar-refractivity contribution < 1.29 is 14.5 Å². The van der Waals surface area contributed by atoms with Crippen molar-refractivity contribution >= 4 is 17.3 Å². The van der Waals surface area contributed by atoms with E-state index in [1.165, 1.54) is 12.1 Å². The fourth-order valence-corrected chi connectivity index (χ4v) is 2.43. The molecule has 1 heterocycles. The Balaban J connectivity index is 1.68. The number of nitrogens with one attached hydrogen (secondary N) is 2. The van der Waals surface area contributed by atoms with E-state index in [4.69, 9.17) is 4.74 Å². The number of non-ortho nitro benzene ring substituents is 1. The van der Waals surface area contributed by atoms with Crippen LogP contribution in [-0.4, -0.2) is 33.8 Å². The van der Waals surface area contributed by atoms with Crippen LogP contribution < -0.4 is 10.2 Å². The smallest absolute Gasteiger partial charge is 0.289 e. The van der Waals surface area contributed by atoms with Crippen molar-refractivity contribution in [1.29, 1.82) is 0 Å². The lowest BCUT2D eigenvalue weighted by molar-refractivity contribution is -0.384. The summed E-state index contributed by atoms with van der Waals surface area (Å²) in [6, 6.07) is 14.8. The van der Waals surface area contributed by atoms with Crippen molar-refractivity contribution in [3.05, 3.63) is 76.0 Å². The van der Waals surface area contributed by atoms with Crippen molar-refractivity contribution in [1.82, 2.24) is 15.6 Å². The van der Waals surface area contributed by atoms with Gasteiger partial charge in [0.25, 0.3) is 11.6 Å². The summed E-state index contributed by atoms with van der Waals surface area (Å²) < 4.78 is 5.12. The molecule has 0 aliphatic carbocycles. The number of aromatic amines is 1. The molecular weight excluding hydrogens is 362 g/mol. The quantitative estimate of drug-likeness (QED) is 0.387. The van der Waals surface area contributed by atoms with Crippen LogP contribution in [-0.2, 0) is 0 Å². The Kier molecular flexibility index (Phi) is 5.45. The van der Waals surface area contributed by atoms with Crippen LogP contribution in [0, 0.1) is 10.1 Å². The van der Waals surface area contributed by atoms with Gasteiger partial charge >= 0.3 is 0 Å². The number of benzene rings is 2. The maximum atomic E-state index is 12.3. The van der Waals surface area contributed by atoms with Crippen LogP contribution in [0.4, 0.5) is 5.69 Å². The molecule has 142 valence electrons. The molecule has 0 atom stereocenters. The monoisotopic (exact) mass is 379 g/mol. The summed E-state index contributed by atoms with van der Waals surface area (Å²) in [5.74, 6) is 0.279. The summed E-state index contributed by atoms with van der Waals surface area (Å²) in [5.41, 5.74) is 5.31. The highest BCUT2D eigenvalue weighted by Crippen LogP contribution is 2.21. The fraction of sp³-hybridized carbons (Fsp3) is 0.105. The second-order valence-corrected chi connectivity index (χ2v) is 5.84. The standard InChI is InChI=1S/C19H17N5O4/c1-12(13-3-7-15(8-4-13)24(26)27)20-23-19(25)18-11-17(21-22-18)14-5-9-16(28-2)10-6-14/h3-11H,1-2H3,(H,21,22)(H,23,25). The van der Waals surface area contributed by atoms with Gasteiger partial charge in [-0.05, 0) is 55.0 Å². The number of H-pyrrole nitrogens is 1. The molecule has 28 heavy (non-hydrogen) atoms. The minimum Gasteiger partial charge on any atom is -0.497 e. The highest BCUT2D eigenvalue weighted by molar-refractivity contribution is 6.00. The first kappa shape index (κ1) is 18.8. The molecule has 0 saturated heterocycles. The number of rotatable bonds is 6. The summed E-state index contributed by atoms with van der Waals surface area (Å²) in [6.45, 7) is 1.69. The van der Waals surface area contributed by atoms with Gasteiger partial charge in [-0.15, -0.1) is 0 Å². The molecule has 9 heteroatoms. The van der Waals surface area contributed by atoms with Crippen LogP contribution in [0.5, 0.6) is 5.75 Å². The van der Waals surface area contributed by atoms with Crippen LogP contribution >= 0.6 is 0 Å². The lowest BCUT2D eigenvalue weighted by Crippen LogP contribution is -2.19. The van der Waals surface area contributed by atoms with E-state index in [2.05, 4.69) is 20.7 Å². The summed E-state index contributed by atoms with van der Waals surface area (Å²) in [4.78, 5) is 22.5. The number of nitrogens with zero attached hydrogens (tertiary/aromatic N) is 3.